The Morgan fingerprint density at radius 3 is 2.55 bits per heavy atom. The first-order chi connectivity index (χ1) is 9.25. The molecule has 110 valence electrons. The van der Waals surface area contributed by atoms with Gasteiger partial charge in [-0.1, -0.05) is 0 Å². The van der Waals surface area contributed by atoms with Crippen molar-refractivity contribution in [2.24, 2.45) is 0 Å². The van der Waals surface area contributed by atoms with Crippen molar-refractivity contribution in [3.8, 4) is 0 Å². The second kappa shape index (κ2) is 5.06. The summed E-state index contributed by atoms with van der Waals surface area (Å²) in [5.74, 6) is -0.0825. The van der Waals surface area contributed by atoms with E-state index in [1.54, 1.807) is 11.0 Å². The summed E-state index contributed by atoms with van der Waals surface area (Å²) in [6.07, 6.45) is 1.53. The van der Waals surface area contributed by atoms with Gasteiger partial charge in [-0.2, -0.15) is 0 Å². The lowest BCUT2D eigenvalue weighted by Crippen LogP contribution is -2.34. The number of fused-ring (bicyclic) bond motifs is 1. The molecule has 0 fully saturated rings. The average molecular weight is 297 g/mol. The minimum absolute atomic E-state index is 0.0825. The fourth-order valence-corrected chi connectivity index (χ4v) is 3.41. The van der Waals surface area contributed by atoms with Crippen LogP contribution in [0.2, 0.25) is 0 Å². The molecular formula is C13H19N3O3S. The number of aryl methyl sites for hydroxylation is 1. The van der Waals surface area contributed by atoms with Gasteiger partial charge < -0.3 is 10.6 Å². The maximum Gasteiger partial charge on any atom is 0.242 e. The molecule has 0 radical (unpaired) electrons. The highest BCUT2D eigenvalue weighted by atomic mass is 32.2. The van der Waals surface area contributed by atoms with Gasteiger partial charge in [-0.3, -0.25) is 4.79 Å². The number of hydrogen-bond acceptors (Lipinski definition) is 4. The first kappa shape index (κ1) is 14.8. The average Bonchev–Trinajstić information content (AvgIpc) is 2.37. The van der Waals surface area contributed by atoms with Crippen molar-refractivity contribution in [3.63, 3.8) is 0 Å². The van der Waals surface area contributed by atoms with Gasteiger partial charge in [-0.25, -0.2) is 12.7 Å². The monoisotopic (exact) mass is 297 g/mol. The number of nitrogens with two attached hydrogens (primary N) is 1. The molecule has 1 aliphatic heterocycles. The summed E-state index contributed by atoms with van der Waals surface area (Å²) in [4.78, 5) is 13.4. The summed E-state index contributed by atoms with van der Waals surface area (Å²) in [7, 11) is -0.563. The van der Waals surface area contributed by atoms with Crippen LogP contribution in [-0.4, -0.2) is 39.3 Å². The molecule has 0 saturated heterocycles. The van der Waals surface area contributed by atoms with Crippen LogP contribution in [0, 0.1) is 0 Å². The fourth-order valence-electron chi connectivity index (χ4n) is 2.42. The number of benzene rings is 1. The van der Waals surface area contributed by atoms with Crippen LogP contribution in [0.4, 0.5) is 11.4 Å². The van der Waals surface area contributed by atoms with Crippen molar-refractivity contribution >= 4 is 27.3 Å². The van der Waals surface area contributed by atoms with E-state index in [1.807, 2.05) is 0 Å². The van der Waals surface area contributed by atoms with Crippen molar-refractivity contribution in [2.75, 3.05) is 31.3 Å². The molecule has 2 N–H and O–H groups in total. The molecule has 20 heavy (non-hydrogen) atoms. The van der Waals surface area contributed by atoms with Crippen LogP contribution in [-0.2, 0) is 21.2 Å². The molecule has 1 heterocycles. The zero-order valence-electron chi connectivity index (χ0n) is 11.9. The number of rotatable bonds is 2. The number of sulfonamides is 1. The number of nitrogen functional groups attached to an aromatic ring is 1. The predicted molar refractivity (Wildman–Crippen MR) is 78.1 cm³/mol. The van der Waals surface area contributed by atoms with Crippen molar-refractivity contribution in [2.45, 2.75) is 24.7 Å². The highest BCUT2D eigenvalue weighted by Crippen LogP contribution is 2.35. The maximum absolute atomic E-state index is 12.2. The standard InChI is InChI=1S/C13H19N3O3S/c1-9(17)16-6-4-5-10-7-11(8-12(14)13(10)16)20(18,19)15(2)3/h7-8H,4-6,14H2,1-3H3. The van der Waals surface area contributed by atoms with Crippen molar-refractivity contribution in [1.82, 2.24) is 4.31 Å². The first-order valence-electron chi connectivity index (χ1n) is 6.38. The third-order valence-corrected chi connectivity index (χ3v) is 5.24. The molecule has 0 aromatic heterocycles. The second-order valence-electron chi connectivity index (χ2n) is 5.08. The summed E-state index contributed by atoms with van der Waals surface area (Å²) in [5, 5.41) is 0. The van der Waals surface area contributed by atoms with Crippen LogP contribution in [0.25, 0.3) is 0 Å². The highest BCUT2D eigenvalue weighted by molar-refractivity contribution is 7.89. The largest absolute Gasteiger partial charge is 0.397 e. The Morgan fingerprint density at radius 2 is 2.00 bits per heavy atom. The molecule has 0 aliphatic carbocycles. The van der Waals surface area contributed by atoms with Gasteiger partial charge in [0, 0.05) is 27.6 Å². The smallest absolute Gasteiger partial charge is 0.242 e. The molecule has 0 unspecified atom stereocenters. The molecule has 0 spiro atoms. The number of anilines is 2. The van der Waals surface area contributed by atoms with E-state index in [-0.39, 0.29) is 10.8 Å². The number of hydrogen-bond donors (Lipinski definition) is 1. The Morgan fingerprint density at radius 1 is 1.35 bits per heavy atom. The molecule has 0 bridgehead atoms. The van der Waals surface area contributed by atoms with E-state index in [1.165, 1.54) is 27.1 Å². The summed E-state index contributed by atoms with van der Waals surface area (Å²) < 4.78 is 25.5. The van der Waals surface area contributed by atoms with E-state index in [4.69, 9.17) is 5.73 Å². The van der Waals surface area contributed by atoms with Gasteiger partial charge >= 0.3 is 0 Å². The highest BCUT2D eigenvalue weighted by Gasteiger charge is 2.26. The summed E-state index contributed by atoms with van der Waals surface area (Å²) in [6.45, 7) is 2.10. The van der Waals surface area contributed by atoms with Gasteiger partial charge in [0.05, 0.1) is 16.3 Å². The minimum atomic E-state index is -3.52. The van der Waals surface area contributed by atoms with Gasteiger partial charge in [-0.15, -0.1) is 0 Å². The molecule has 0 saturated carbocycles. The lowest BCUT2D eigenvalue weighted by atomic mass is 10.0. The number of carbonyl (C=O) groups is 1. The molecule has 1 amide bonds. The Labute approximate surface area is 119 Å². The first-order valence-corrected chi connectivity index (χ1v) is 7.82. The van der Waals surface area contributed by atoms with E-state index in [0.717, 1.165) is 22.7 Å². The maximum atomic E-state index is 12.2. The molecular weight excluding hydrogens is 278 g/mol. The van der Waals surface area contributed by atoms with Crippen LogP contribution in [0.1, 0.15) is 18.9 Å². The van der Waals surface area contributed by atoms with Crippen LogP contribution < -0.4 is 10.6 Å². The van der Waals surface area contributed by atoms with Crippen LogP contribution >= 0.6 is 0 Å². The van der Waals surface area contributed by atoms with E-state index in [2.05, 4.69) is 0 Å². The SMILES string of the molecule is CC(=O)N1CCCc2cc(S(=O)(=O)N(C)C)cc(N)c21. The molecule has 1 aliphatic rings. The quantitative estimate of drug-likeness (QED) is 0.819. The molecule has 7 heteroatoms. The number of carbonyl (C=O) groups excluding carboxylic acids is 1. The van der Waals surface area contributed by atoms with Crippen molar-refractivity contribution in [3.05, 3.63) is 17.7 Å². The van der Waals surface area contributed by atoms with E-state index in [0.29, 0.717) is 17.9 Å². The lowest BCUT2D eigenvalue weighted by molar-refractivity contribution is -0.116. The molecule has 1 aromatic rings. The Balaban J connectivity index is 2.60. The van der Waals surface area contributed by atoms with Gasteiger partial charge in [0.2, 0.25) is 15.9 Å². The van der Waals surface area contributed by atoms with Crippen LogP contribution in [0.3, 0.4) is 0 Å². The third-order valence-electron chi connectivity index (χ3n) is 3.45. The molecule has 2 rings (SSSR count). The molecule has 0 atom stereocenters. The lowest BCUT2D eigenvalue weighted by Gasteiger charge is -2.30. The summed E-state index contributed by atoms with van der Waals surface area (Å²) in [6, 6.07) is 3.05. The Kier molecular flexibility index (Phi) is 3.75. The minimum Gasteiger partial charge on any atom is -0.397 e. The Hall–Kier alpha value is -1.60. The van der Waals surface area contributed by atoms with Crippen molar-refractivity contribution < 1.29 is 13.2 Å². The normalized spacial score (nSPS) is 15.3. The third kappa shape index (κ3) is 2.38. The van der Waals surface area contributed by atoms with Gasteiger partial charge in [-0.05, 0) is 30.5 Å². The van der Waals surface area contributed by atoms with Gasteiger partial charge in [0.1, 0.15) is 0 Å². The van der Waals surface area contributed by atoms with E-state index < -0.39 is 10.0 Å². The van der Waals surface area contributed by atoms with Crippen LogP contribution in [0.15, 0.2) is 17.0 Å². The van der Waals surface area contributed by atoms with Crippen molar-refractivity contribution in [1.29, 1.82) is 0 Å². The van der Waals surface area contributed by atoms with E-state index >= 15 is 0 Å². The predicted octanol–water partition coefficient (Wildman–Crippen LogP) is 0.818. The fraction of sp³-hybridized carbons (Fsp3) is 0.462. The molecule has 6 nitrogen and oxygen atoms in total. The summed E-state index contributed by atoms with van der Waals surface area (Å²) in [5.41, 5.74) is 7.79. The second-order valence-corrected chi connectivity index (χ2v) is 7.23. The molecule has 1 aromatic carbocycles. The topological polar surface area (TPSA) is 83.7 Å². The van der Waals surface area contributed by atoms with E-state index in [9.17, 15) is 13.2 Å². The van der Waals surface area contributed by atoms with Gasteiger partial charge in [0.15, 0.2) is 0 Å². The van der Waals surface area contributed by atoms with Gasteiger partial charge in [0.25, 0.3) is 0 Å². The number of nitrogens with zero attached hydrogens (tertiary/aromatic N) is 2. The zero-order valence-corrected chi connectivity index (χ0v) is 12.7. The number of amides is 1. The zero-order chi connectivity index (χ0) is 15.1. The van der Waals surface area contributed by atoms with Crippen LogP contribution in [0.5, 0.6) is 0 Å². The Bertz CT molecular complexity index is 653. The summed E-state index contributed by atoms with van der Waals surface area (Å²) >= 11 is 0.